The number of hydrogen-bond acceptors (Lipinski definition) is 3. The zero-order valence-electron chi connectivity index (χ0n) is 9.25. The van der Waals surface area contributed by atoms with Crippen molar-refractivity contribution in [2.24, 2.45) is 0 Å². The average Bonchev–Trinajstić information content (AvgIpc) is 2.22. The van der Waals surface area contributed by atoms with Gasteiger partial charge in [0.15, 0.2) is 0 Å². The van der Waals surface area contributed by atoms with E-state index in [4.69, 9.17) is 4.74 Å². The molecule has 1 amide bonds. The zero-order chi connectivity index (χ0) is 11.1. The second kappa shape index (κ2) is 6.37. The molecule has 0 aromatic carbocycles. The van der Waals surface area contributed by atoms with E-state index in [0.717, 1.165) is 18.7 Å². The van der Waals surface area contributed by atoms with Gasteiger partial charge in [-0.3, -0.25) is 4.79 Å². The number of nitrogens with one attached hydrogen (secondary N) is 2. The summed E-state index contributed by atoms with van der Waals surface area (Å²) in [6.45, 7) is 3.13. The minimum Gasteiger partial charge on any atom is -0.375 e. The fourth-order valence-corrected chi connectivity index (χ4v) is 1.45. The van der Waals surface area contributed by atoms with Crippen LogP contribution in [0.15, 0.2) is 23.9 Å². The second-order valence-corrected chi connectivity index (χ2v) is 3.40. The topological polar surface area (TPSA) is 50.4 Å². The van der Waals surface area contributed by atoms with Crippen LogP contribution in [0.2, 0.25) is 0 Å². The highest BCUT2D eigenvalue weighted by molar-refractivity contribution is 5.79. The first-order valence-corrected chi connectivity index (χ1v) is 5.16. The lowest BCUT2D eigenvalue weighted by Gasteiger charge is -2.17. The fraction of sp³-hybridized carbons (Fsp3) is 0.545. The Morgan fingerprint density at radius 1 is 1.67 bits per heavy atom. The van der Waals surface area contributed by atoms with Crippen LogP contribution in [0.1, 0.15) is 13.3 Å². The van der Waals surface area contributed by atoms with Crippen molar-refractivity contribution in [3.63, 3.8) is 0 Å². The third-order valence-electron chi connectivity index (χ3n) is 2.13. The van der Waals surface area contributed by atoms with Crippen molar-refractivity contribution in [2.75, 3.05) is 20.3 Å². The Balaban J connectivity index is 2.35. The highest BCUT2D eigenvalue weighted by atomic mass is 16.5. The normalized spacial score (nSPS) is 19.9. The molecular formula is C11H18N2O2. The number of rotatable bonds is 5. The highest BCUT2D eigenvalue weighted by Gasteiger charge is 2.08. The van der Waals surface area contributed by atoms with Crippen molar-refractivity contribution in [3.05, 3.63) is 23.9 Å². The molecule has 1 unspecified atom stereocenters. The van der Waals surface area contributed by atoms with Crippen molar-refractivity contribution < 1.29 is 9.53 Å². The Morgan fingerprint density at radius 2 is 2.47 bits per heavy atom. The third-order valence-corrected chi connectivity index (χ3v) is 2.13. The molecule has 0 heterocycles. The molecule has 0 aromatic heterocycles. The van der Waals surface area contributed by atoms with Gasteiger partial charge in [0.1, 0.15) is 6.61 Å². The molecule has 0 aromatic rings. The SMILES string of the molecule is CCNC1C=CC(NC(=O)COC)=CC1. The zero-order valence-corrected chi connectivity index (χ0v) is 9.25. The van der Waals surface area contributed by atoms with E-state index in [9.17, 15) is 4.79 Å². The molecule has 4 heteroatoms. The number of ether oxygens (including phenoxy) is 1. The van der Waals surface area contributed by atoms with Crippen molar-refractivity contribution in [1.29, 1.82) is 0 Å². The summed E-state index contributed by atoms with van der Waals surface area (Å²) in [7, 11) is 1.51. The van der Waals surface area contributed by atoms with Crippen LogP contribution >= 0.6 is 0 Å². The summed E-state index contributed by atoms with van der Waals surface area (Å²) in [5.74, 6) is -0.115. The molecule has 1 aliphatic rings. The minimum absolute atomic E-state index is 0.0990. The van der Waals surface area contributed by atoms with Crippen molar-refractivity contribution in [1.82, 2.24) is 10.6 Å². The fourth-order valence-electron chi connectivity index (χ4n) is 1.45. The lowest BCUT2D eigenvalue weighted by molar-refractivity contribution is -0.123. The molecule has 1 atom stereocenters. The van der Waals surface area contributed by atoms with Crippen molar-refractivity contribution in [2.45, 2.75) is 19.4 Å². The summed E-state index contributed by atoms with van der Waals surface area (Å²) in [6, 6.07) is 0.387. The number of amides is 1. The van der Waals surface area contributed by atoms with Crippen LogP contribution in [0.3, 0.4) is 0 Å². The predicted molar refractivity (Wildman–Crippen MR) is 59.3 cm³/mol. The molecule has 1 rings (SSSR count). The summed E-state index contributed by atoms with van der Waals surface area (Å²) < 4.78 is 4.73. The van der Waals surface area contributed by atoms with Crippen LogP contribution < -0.4 is 10.6 Å². The van der Waals surface area contributed by atoms with E-state index in [1.807, 2.05) is 12.2 Å². The first-order valence-electron chi connectivity index (χ1n) is 5.16. The molecule has 2 N–H and O–H groups in total. The molecule has 84 valence electrons. The number of carbonyl (C=O) groups excluding carboxylic acids is 1. The first-order chi connectivity index (χ1) is 7.26. The number of likely N-dealkylation sites (N-methyl/N-ethyl adjacent to an activating group) is 1. The molecule has 4 nitrogen and oxygen atoms in total. The average molecular weight is 210 g/mol. The summed E-state index contributed by atoms with van der Waals surface area (Å²) in [5, 5.41) is 6.08. The van der Waals surface area contributed by atoms with Gasteiger partial charge in [-0.15, -0.1) is 0 Å². The summed E-state index contributed by atoms with van der Waals surface area (Å²) >= 11 is 0. The molecule has 0 bridgehead atoms. The van der Waals surface area contributed by atoms with E-state index in [0.29, 0.717) is 6.04 Å². The van der Waals surface area contributed by atoms with Crippen molar-refractivity contribution >= 4 is 5.91 Å². The number of hydrogen-bond donors (Lipinski definition) is 2. The van der Waals surface area contributed by atoms with E-state index >= 15 is 0 Å². The smallest absolute Gasteiger partial charge is 0.250 e. The highest BCUT2D eigenvalue weighted by Crippen LogP contribution is 2.07. The molecule has 1 aliphatic carbocycles. The molecule has 0 saturated heterocycles. The largest absolute Gasteiger partial charge is 0.375 e. The Bertz CT molecular complexity index is 272. The predicted octanol–water partition coefficient (Wildman–Crippen LogP) is 0.571. The Labute approximate surface area is 90.4 Å². The standard InChI is InChI=1S/C11H18N2O2/c1-3-12-9-4-6-10(7-5-9)13-11(14)8-15-2/h4,6-7,9,12H,3,5,8H2,1-2H3,(H,13,14). The van der Waals surface area contributed by atoms with Crippen LogP contribution in [-0.2, 0) is 9.53 Å². The maximum absolute atomic E-state index is 11.2. The van der Waals surface area contributed by atoms with E-state index in [1.165, 1.54) is 7.11 Å². The van der Waals surface area contributed by atoms with Gasteiger partial charge in [0.25, 0.3) is 0 Å². The number of carbonyl (C=O) groups is 1. The Morgan fingerprint density at radius 3 is 3.00 bits per heavy atom. The van der Waals surface area contributed by atoms with E-state index < -0.39 is 0 Å². The van der Waals surface area contributed by atoms with Crippen LogP contribution in [0.4, 0.5) is 0 Å². The lowest BCUT2D eigenvalue weighted by Crippen LogP contribution is -2.31. The third kappa shape index (κ3) is 4.27. The summed E-state index contributed by atoms with van der Waals surface area (Å²) in [5.41, 5.74) is 0.853. The quantitative estimate of drug-likeness (QED) is 0.697. The van der Waals surface area contributed by atoms with E-state index in [2.05, 4.69) is 23.6 Å². The van der Waals surface area contributed by atoms with Gasteiger partial charge in [0.05, 0.1) is 0 Å². The van der Waals surface area contributed by atoms with Gasteiger partial charge in [-0.1, -0.05) is 19.1 Å². The van der Waals surface area contributed by atoms with Crippen LogP contribution in [0.5, 0.6) is 0 Å². The Kier molecular flexibility index (Phi) is 5.07. The number of allylic oxidation sites excluding steroid dienone is 1. The van der Waals surface area contributed by atoms with Crippen LogP contribution in [-0.4, -0.2) is 32.2 Å². The van der Waals surface area contributed by atoms with Gasteiger partial charge in [0, 0.05) is 18.8 Å². The summed E-state index contributed by atoms with van der Waals surface area (Å²) in [6.07, 6.45) is 6.91. The van der Waals surface area contributed by atoms with E-state index in [1.54, 1.807) is 0 Å². The summed E-state index contributed by atoms with van der Waals surface area (Å²) in [4.78, 5) is 11.2. The minimum atomic E-state index is -0.115. The number of methoxy groups -OCH3 is 1. The van der Waals surface area contributed by atoms with Gasteiger partial charge in [-0.25, -0.2) is 0 Å². The molecule has 15 heavy (non-hydrogen) atoms. The first kappa shape index (κ1) is 11.9. The van der Waals surface area contributed by atoms with Crippen molar-refractivity contribution in [3.8, 4) is 0 Å². The molecule has 0 radical (unpaired) electrons. The van der Waals surface area contributed by atoms with Gasteiger partial charge in [-0.2, -0.15) is 0 Å². The molecule has 0 spiro atoms. The molecular weight excluding hydrogens is 192 g/mol. The molecule has 0 saturated carbocycles. The molecule has 0 fully saturated rings. The maximum atomic E-state index is 11.2. The Hall–Kier alpha value is -1.13. The van der Waals surface area contributed by atoms with Gasteiger partial charge >= 0.3 is 0 Å². The van der Waals surface area contributed by atoms with E-state index in [-0.39, 0.29) is 12.5 Å². The molecule has 0 aliphatic heterocycles. The van der Waals surface area contributed by atoms with Gasteiger partial charge in [-0.05, 0) is 19.0 Å². The van der Waals surface area contributed by atoms with Gasteiger partial charge in [0.2, 0.25) is 5.91 Å². The second-order valence-electron chi connectivity index (χ2n) is 3.40. The van der Waals surface area contributed by atoms with Gasteiger partial charge < -0.3 is 15.4 Å². The lowest BCUT2D eigenvalue weighted by atomic mass is 10.1. The van der Waals surface area contributed by atoms with Crippen LogP contribution in [0.25, 0.3) is 0 Å². The maximum Gasteiger partial charge on any atom is 0.250 e. The van der Waals surface area contributed by atoms with Crippen LogP contribution in [0, 0.1) is 0 Å². The monoisotopic (exact) mass is 210 g/mol.